The number of hydrogen-bond donors (Lipinski definition) is 2. The lowest BCUT2D eigenvalue weighted by Crippen LogP contribution is -2.68. The highest BCUT2D eigenvalue weighted by Crippen LogP contribution is 2.46. The molecule has 0 aromatic rings. The van der Waals surface area contributed by atoms with Gasteiger partial charge in [0.05, 0.1) is 37.0 Å². The first kappa shape index (κ1) is 88.4. The summed E-state index contributed by atoms with van der Waals surface area (Å²) in [5, 5.41) is 5.75. The zero-order chi connectivity index (χ0) is 81.2. The lowest BCUT2D eigenvalue weighted by atomic mass is 9.73. The molecule has 13 atom stereocenters. The molecule has 110 heavy (non-hydrogen) atoms. The first-order chi connectivity index (χ1) is 51.8. The lowest BCUT2D eigenvalue weighted by Gasteiger charge is -2.51. The molecule has 620 valence electrons. The minimum Gasteiger partial charge on any atom is -0.381 e. The quantitative estimate of drug-likeness (QED) is 0.127. The van der Waals surface area contributed by atoms with E-state index in [-0.39, 0.29) is 122 Å². The molecule has 8 aliphatic rings. The molecule has 3 heterocycles. The fourth-order valence-electron chi connectivity index (χ4n) is 18.1. The number of halogens is 6. The Morgan fingerprint density at radius 1 is 0.636 bits per heavy atom. The molecule has 12 amide bonds. The summed E-state index contributed by atoms with van der Waals surface area (Å²) >= 11 is 0. The van der Waals surface area contributed by atoms with E-state index in [1.807, 2.05) is 6.92 Å². The summed E-state index contributed by atoms with van der Waals surface area (Å²) in [6, 6.07) is -11.2. The Hall–Kier alpha value is -7.12. The molecule has 5 aliphatic carbocycles. The average Bonchev–Trinajstić information content (AvgIpc) is 1.13. The molecule has 3 unspecified atom stereocenters. The highest BCUT2D eigenvalue weighted by molar-refractivity contribution is 6.01. The summed E-state index contributed by atoms with van der Waals surface area (Å²) in [5.41, 5.74) is -1.58. The van der Waals surface area contributed by atoms with Crippen LogP contribution in [-0.4, -0.2) is 301 Å². The van der Waals surface area contributed by atoms with Crippen LogP contribution in [0.25, 0.3) is 0 Å². The predicted molar refractivity (Wildman–Crippen MR) is 394 cm³/mol. The van der Waals surface area contributed by atoms with Crippen molar-refractivity contribution in [1.82, 2.24) is 59.6 Å². The van der Waals surface area contributed by atoms with Crippen molar-refractivity contribution in [3.8, 4) is 0 Å². The number of amides is 12. The van der Waals surface area contributed by atoms with Gasteiger partial charge in [-0.2, -0.15) is 26.3 Å². The number of methoxy groups -OCH3 is 1. The Balaban J connectivity index is 1.22. The topological polar surface area (TPSA) is 280 Å². The summed E-state index contributed by atoms with van der Waals surface area (Å²) < 4.78 is 97.2. The van der Waals surface area contributed by atoms with Crippen LogP contribution in [0.2, 0.25) is 0 Å². The van der Waals surface area contributed by atoms with Gasteiger partial charge in [0.2, 0.25) is 70.9 Å². The minimum absolute atomic E-state index is 0.0399. The van der Waals surface area contributed by atoms with Gasteiger partial charge < -0.3 is 69.1 Å². The van der Waals surface area contributed by atoms with E-state index in [4.69, 9.17) is 9.47 Å². The van der Waals surface area contributed by atoms with E-state index in [1.54, 1.807) is 32.9 Å². The summed E-state index contributed by atoms with van der Waals surface area (Å²) in [5.74, 6) is -13.7. The van der Waals surface area contributed by atoms with Gasteiger partial charge in [-0.05, 0) is 159 Å². The second-order valence-corrected chi connectivity index (χ2v) is 32.8. The molecular formula is C78H122F6N12O14. The van der Waals surface area contributed by atoms with Gasteiger partial charge in [-0.3, -0.25) is 57.5 Å². The molecule has 0 aromatic heterocycles. The molecule has 8 rings (SSSR count). The van der Waals surface area contributed by atoms with E-state index in [0.29, 0.717) is 57.8 Å². The average molecular weight is 1570 g/mol. The molecule has 7 fully saturated rings. The number of nitrogens with one attached hydrogen (secondary N) is 2. The van der Waals surface area contributed by atoms with E-state index < -0.39 is 210 Å². The smallest absolute Gasteiger partial charge is 0.381 e. The van der Waals surface area contributed by atoms with Crippen molar-refractivity contribution in [2.24, 2.45) is 35.5 Å². The van der Waals surface area contributed by atoms with Crippen molar-refractivity contribution in [3.63, 3.8) is 0 Å². The van der Waals surface area contributed by atoms with Crippen LogP contribution in [0, 0.1) is 35.5 Å². The fraction of sp³-hybridized carbons (Fsp3) is 0.821. The first-order valence-electron chi connectivity index (χ1n) is 40.1. The second-order valence-electron chi connectivity index (χ2n) is 32.8. The minimum atomic E-state index is -4.56. The molecular weight excluding hydrogens is 1440 g/mol. The van der Waals surface area contributed by atoms with Crippen molar-refractivity contribution < 1.29 is 93.4 Å². The Morgan fingerprint density at radius 3 is 1.86 bits per heavy atom. The Morgan fingerprint density at radius 2 is 1.29 bits per heavy atom. The van der Waals surface area contributed by atoms with E-state index >= 15 is 33.6 Å². The van der Waals surface area contributed by atoms with Crippen molar-refractivity contribution in [3.05, 3.63) is 12.2 Å². The van der Waals surface area contributed by atoms with Gasteiger partial charge in [0.1, 0.15) is 60.4 Å². The number of rotatable bonds is 15. The maximum atomic E-state index is 15.8. The normalized spacial score (nSPS) is 31.7. The largest absolute Gasteiger partial charge is 0.394 e. The number of nitrogens with zero attached hydrogens (tertiary/aromatic N) is 10. The molecule has 3 aliphatic heterocycles. The summed E-state index contributed by atoms with van der Waals surface area (Å²) in [7, 11) is 12.5. The van der Waals surface area contributed by atoms with Gasteiger partial charge >= 0.3 is 12.4 Å². The van der Waals surface area contributed by atoms with Gasteiger partial charge in [-0.15, -0.1) is 0 Å². The number of carbonyl (C=O) groups excluding carboxylic acids is 12. The molecule has 2 saturated heterocycles. The van der Waals surface area contributed by atoms with Crippen molar-refractivity contribution in [2.75, 3.05) is 96.3 Å². The molecule has 2 bridgehead atoms. The van der Waals surface area contributed by atoms with E-state index in [9.17, 15) is 50.3 Å². The molecule has 1 spiro atoms. The molecule has 2 N–H and O–H groups in total. The highest BCUT2D eigenvalue weighted by atomic mass is 19.4. The summed E-state index contributed by atoms with van der Waals surface area (Å²) in [4.78, 5) is 196. The molecule has 5 saturated carbocycles. The standard InChI is InChI=1S/C78H122F6N12O14/c1-14-23-56-67(100)86-65(47(4)15-2)73(106)95(52-33-34-52)46-64(99)90(9)57-26-18-17-21-39-94(72(57)105)59(40-48-27-31-51(32-28-48)77(79,80)81)70(103)88(7)45-62(97)85-55(36-30-49-29-35-54(78(82,83)84)61(41-49)109-13)68(101)96-44-53(110-16-3)42-60(96)71(104)93(12)76(37-22-38-76)75(108)92(11)66(50-24-19-20-25-50)74(107)91(10)58(69(102)87(5)6)43-63(98)89(56)8/h17-18,47-61,65-66H,14-16,19-46H2,1-13H3,(H,85,97)(H,86,100)/b18-17-/t47-,48?,49?,51?,53+,54?,55-,56-,57-,58-,59-,60-,61?,65-,66-/m0/s1. The van der Waals surface area contributed by atoms with E-state index in [0.717, 1.165) is 4.90 Å². The summed E-state index contributed by atoms with van der Waals surface area (Å²) in [6.45, 7) is 5.66. The van der Waals surface area contributed by atoms with Crippen molar-refractivity contribution in [1.29, 1.82) is 0 Å². The molecule has 26 nitrogen and oxygen atoms in total. The van der Waals surface area contributed by atoms with Crippen LogP contribution in [-0.2, 0) is 67.0 Å². The third-order valence-electron chi connectivity index (χ3n) is 25.5. The molecule has 0 aromatic carbocycles. The maximum absolute atomic E-state index is 15.8. The Labute approximate surface area is 644 Å². The van der Waals surface area contributed by atoms with Gasteiger partial charge in [-0.1, -0.05) is 58.6 Å². The Bertz CT molecular complexity index is 3310. The van der Waals surface area contributed by atoms with E-state index in [1.165, 1.54) is 108 Å². The Kier molecular flexibility index (Phi) is 30.7. The zero-order valence-electron chi connectivity index (χ0n) is 66.8. The number of hydrogen-bond acceptors (Lipinski definition) is 14. The van der Waals surface area contributed by atoms with Gasteiger partial charge in [0.15, 0.2) is 0 Å². The number of carbonyl (C=O) groups is 12. The van der Waals surface area contributed by atoms with Gasteiger partial charge in [0, 0.05) is 95.7 Å². The fourth-order valence-corrected chi connectivity index (χ4v) is 18.1. The van der Waals surface area contributed by atoms with Crippen LogP contribution in [0.3, 0.4) is 0 Å². The van der Waals surface area contributed by atoms with Crippen LogP contribution >= 0.6 is 0 Å². The van der Waals surface area contributed by atoms with Crippen LogP contribution < -0.4 is 10.6 Å². The molecule has 32 heteroatoms. The third kappa shape index (κ3) is 20.6. The summed E-state index contributed by atoms with van der Waals surface area (Å²) in [6.07, 6.45) is -3.90. The van der Waals surface area contributed by atoms with Crippen LogP contribution in [0.15, 0.2) is 12.2 Å². The SMILES string of the molecule is CCC[C@H]1C(=O)N[C@@H]([C@@H](C)CC)C(=O)N(C2CC2)CC(=O)N(C)[C@H]2C/C=C\CCN(C2=O)[C@@H](CC2CCC(C(F)(F)F)CC2)C(=O)N(C)CC(=O)N[C@@H](CCC2CCC(C(F)(F)F)C(OC)C2)C(=O)N2C[C@H](OCC)C[C@H]2C(=O)N(C)C2(CCC2)C(=O)N(C)[C@@H](C2CCCC2)C(=O)N(C)[C@H](C(=O)N(C)C)CC(=O)N1C. The molecule has 0 radical (unpaired) electrons. The van der Waals surface area contributed by atoms with Gasteiger partial charge in [0.25, 0.3) is 0 Å². The van der Waals surface area contributed by atoms with Gasteiger partial charge in [-0.25, -0.2) is 0 Å². The number of ether oxygens (including phenoxy) is 2. The van der Waals surface area contributed by atoms with Crippen molar-refractivity contribution in [2.45, 2.75) is 279 Å². The van der Waals surface area contributed by atoms with E-state index in [2.05, 4.69) is 10.6 Å². The monoisotopic (exact) mass is 1560 g/mol. The first-order valence-corrected chi connectivity index (χ1v) is 40.1. The third-order valence-corrected chi connectivity index (χ3v) is 25.5. The van der Waals surface area contributed by atoms with Crippen LogP contribution in [0.4, 0.5) is 26.3 Å². The number of fused-ring (bicyclic) bond motifs is 3. The zero-order valence-corrected chi connectivity index (χ0v) is 66.8. The highest BCUT2D eigenvalue weighted by Gasteiger charge is 2.57. The number of alkyl halides is 6. The predicted octanol–water partition coefficient (Wildman–Crippen LogP) is 6.71. The second kappa shape index (κ2) is 38.1. The van der Waals surface area contributed by atoms with Crippen LogP contribution in [0.5, 0.6) is 0 Å². The van der Waals surface area contributed by atoms with Crippen molar-refractivity contribution >= 4 is 70.9 Å². The lowest BCUT2D eigenvalue weighted by molar-refractivity contribution is -0.215. The number of likely N-dealkylation sites (N-methyl/N-ethyl adjacent to an activating group) is 7. The maximum Gasteiger partial charge on any atom is 0.394 e. The van der Waals surface area contributed by atoms with Crippen LogP contribution in [0.1, 0.15) is 195 Å².